The van der Waals surface area contributed by atoms with Crippen molar-refractivity contribution in [2.24, 2.45) is 0 Å². The third-order valence-electron chi connectivity index (χ3n) is 3.16. The lowest BCUT2D eigenvalue weighted by atomic mass is 10.1. The fourth-order valence-corrected chi connectivity index (χ4v) is 2.30. The first-order valence-corrected chi connectivity index (χ1v) is 6.88. The van der Waals surface area contributed by atoms with E-state index in [0.717, 1.165) is 18.6 Å². The van der Waals surface area contributed by atoms with Crippen molar-refractivity contribution in [1.82, 2.24) is 9.88 Å². The number of fused-ring (bicyclic) bond motifs is 1. The molecule has 0 saturated carbocycles. The Morgan fingerprint density at radius 1 is 1.28 bits per heavy atom. The Bertz CT molecular complexity index is 511. The number of alkyl halides is 1. The maximum Gasteiger partial charge on any atom is 0.0702 e. The van der Waals surface area contributed by atoms with Gasteiger partial charge in [-0.05, 0) is 37.6 Å². The summed E-state index contributed by atoms with van der Waals surface area (Å²) in [6, 6.07) is 11.0. The molecular weight excluding hydrogens is 244 g/mol. The van der Waals surface area contributed by atoms with Crippen LogP contribution in [-0.4, -0.2) is 28.4 Å². The van der Waals surface area contributed by atoms with Gasteiger partial charge >= 0.3 is 0 Å². The Morgan fingerprint density at radius 2 is 2.11 bits per heavy atom. The second-order valence-electron chi connectivity index (χ2n) is 4.78. The van der Waals surface area contributed by atoms with Crippen LogP contribution in [-0.2, 0) is 6.54 Å². The largest absolute Gasteiger partial charge is 0.296 e. The Labute approximate surface area is 114 Å². The summed E-state index contributed by atoms with van der Waals surface area (Å²) >= 11 is 5.85. The minimum Gasteiger partial charge on any atom is -0.296 e. The van der Waals surface area contributed by atoms with E-state index in [1.165, 1.54) is 10.9 Å². The first-order valence-electron chi connectivity index (χ1n) is 6.34. The molecule has 2 aromatic rings. The van der Waals surface area contributed by atoms with Gasteiger partial charge in [0.2, 0.25) is 0 Å². The molecule has 1 heterocycles. The predicted molar refractivity (Wildman–Crippen MR) is 78.0 cm³/mol. The molecule has 0 unspecified atom stereocenters. The van der Waals surface area contributed by atoms with Crippen molar-refractivity contribution < 1.29 is 0 Å². The van der Waals surface area contributed by atoms with Crippen molar-refractivity contribution in [3.8, 4) is 0 Å². The first-order chi connectivity index (χ1) is 8.70. The Balaban J connectivity index is 2.20. The second-order valence-corrected chi connectivity index (χ2v) is 5.16. The van der Waals surface area contributed by atoms with Crippen LogP contribution in [0.1, 0.15) is 19.4 Å². The van der Waals surface area contributed by atoms with Gasteiger partial charge in [0.1, 0.15) is 0 Å². The lowest BCUT2D eigenvalue weighted by Crippen LogP contribution is -2.32. The van der Waals surface area contributed by atoms with Crippen LogP contribution in [0.25, 0.3) is 10.9 Å². The lowest BCUT2D eigenvalue weighted by molar-refractivity contribution is 0.226. The zero-order valence-electron chi connectivity index (χ0n) is 10.9. The molecule has 0 fully saturated rings. The number of rotatable bonds is 5. The summed E-state index contributed by atoms with van der Waals surface area (Å²) < 4.78 is 0. The van der Waals surface area contributed by atoms with Crippen LogP contribution in [0.2, 0.25) is 0 Å². The molecule has 18 heavy (non-hydrogen) atoms. The Kier molecular flexibility index (Phi) is 4.56. The fourth-order valence-electron chi connectivity index (χ4n) is 2.09. The molecule has 0 saturated heterocycles. The van der Waals surface area contributed by atoms with E-state index in [0.29, 0.717) is 11.9 Å². The van der Waals surface area contributed by atoms with Gasteiger partial charge in [0, 0.05) is 36.6 Å². The third-order valence-corrected chi connectivity index (χ3v) is 3.32. The van der Waals surface area contributed by atoms with Crippen LogP contribution in [0.15, 0.2) is 36.5 Å². The zero-order valence-corrected chi connectivity index (χ0v) is 11.7. The molecule has 0 amide bonds. The number of hydrogen-bond acceptors (Lipinski definition) is 2. The first kappa shape index (κ1) is 13.3. The minimum absolute atomic E-state index is 0.508. The van der Waals surface area contributed by atoms with E-state index < -0.39 is 0 Å². The summed E-state index contributed by atoms with van der Waals surface area (Å²) in [6.45, 7) is 6.27. The van der Waals surface area contributed by atoms with Crippen molar-refractivity contribution in [3.63, 3.8) is 0 Å². The third kappa shape index (κ3) is 3.21. The van der Waals surface area contributed by atoms with Crippen LogP contribution in [0.3, 0.4) is 0 Å². The summed E-state index contributed by atoms with van der Waals surface area (Å²) in [7, 11) is 0. The summed E-state index contributed by atoms with van der Waals surface area (Å²) in [5, 5.41) is 1.20. The Morgan fingerprint density at radius 3 is 2.83 bits per heavy atom. The van der Waals surface area contributed by atoms with Crippen molar-refractivity contribution in [3.05, 3.63) is 42.1 Å². The van der Waals surface area contributed by atoms with Crippen molar-refractivity contribution >= 4 is 22.5 Å². The minimum atomic E-state index is 0.508. The number of nitrogens with zero attached hydrogens (tertiary/aromatic N) is 2. The van der Waals surface area contributed by atoms with Gasteiger partial charge in [0.15, 0.2) is 0 Å². The highest BCUT2D eigenvalue weighted by Crippen LogP contribution is 2.15. The number of benzene rings is 1. The van der Waals surface area contributed by atoms with Crippen LogP contribution in [0.5, 0.6) is 0 Å². The molecule has 0 atom stereocenters. The van der Waals surface area contributed by atoms with Gasteiger partial charge < -0.3 is 0 Å². The lowest BCUT2D eigenvalue weighted by Gasteiger charge is -2.25. The smallest absolute Gasteiger partial charge is 0.0702 e. The highest BCUT2D eigenvalue weighted by atomic mass is 35.5. The average Bonchev–Trinajstić information content (AvgIpc) is 2.38. The van der Waals surface area contributed by atoms with Crippen molar-refractivity contribution in [2.45, 2.75) is 26.4 Å². The highest BCUT2D eigenvalue weighted by molar-refractivity contribution is 6.18. The normalized spacial score (nSPS) is 11.6. The maximum atomic E-state index is 5.85. The van der Waals surface area contributed by atoms with Gasteiger partial charge in [-0.2, -0.15) is 0 Å². The molecule has 96 valence electrons. The molecule has 1 aromatic heterocycles. The summed E-state index contributed by atoms with van der Waals surface area (Å²) in [6.07, 6.45) is 1.83. The van der Waals surface area contributed by atoms with Gasteiger partial charge in [-0.1, -0.05) is 12.1 Å². The number of hydrogen-bond donors (Lipinski definition) is 0. The summed E-state index contributed by atoms with van der Waals surface area (Å²) in [5.74, 6) is 0.674. The molecule has 0 radical (unpaired) electrons. The molecule has 0 aliphatic heterocycles. The number of aromatic nitrogens is 1. The van der Waals surface area contributed by atoms with Crippen LogP contribution < -0.4 is 0 Å². The van der Waals surface area contributed by atoms with E-state index in [1.54, 1.807) is 0 Å². The number of pyridine rings is 1. The molecule has 2 nitrogen and oxygen atoms in total. The number of halogens is 1. The highest BCUT2D eigenvalue weighted by Gasteiger charge is 2.09. The van der Waals surface area contributed by atoms with Crippen LogP contribution in [0, 0.1) is 0 Å². The molecule has 0 bridgehead atoms. The predicted octanol–water partition coefficient (Wildman–Crippen LogP) is 3.68. The maximum absolute atomic E-state index is 5.85. The average molecular weight is 263 g/mol. The Hall–Kier alpha value is -1.12. The molecule has 0 aliphatic carbocycles. The topological polar surface area (TPSA) is 16.1 Å². The van der Waals surface area contributed by atoms with Crippen molar-refractivity contribution in [2.75, 3.05) is 12.4 Å². The van der Waals surface area contributed by atoms with Crippen LogP contribution in [0.4, 0.5) is 0 Å². The van der Waals surface area contributed by atoms with Gasteiger partial charge in [0.05, 0.1) is 5.52 Å². The molecule has 3 heteroatoms. The monoisotopic (exact) mass is 262 g/mol. The molecule has 0 spiro atoms. The molecule has 2 rings (SSSR count). The fraction of sp³-hybridized carbons (Fsp3) is 0.400. The van der Waals surface area contributed by atoms with Gasteiger partial charge in [0.25, 0.3) is 0 Å². The van der Waals surface area contributed by atoms with Crippen molar-refractivity contribution in [1.29, 1.82) is 0 Å². The van der Waals surface area contributed by atoms with Gasteiger partial charge in [-0.25, -0.2) is 0 Å². The molecule has 0 N–H and O–H groups in total. The summed E-state index contributed by atoms with van der Waals surface area (Å²) in [4.78, 5) is 6.72. The summed E-state index contributed by atoms with van der Waals surface area (Å²) in [5.41, 5.74) is 2.36. The van der Waals surface area contributed by atoms with E-state index in [9.17, 15) is 0 Å². The van der Waals surface area contributed by atoms with Crippen LogP contribution >= 0.6 is 11.6 Å². The van der Waals surface area contributed by atoms with E-state index in [1.807, 2.05) is 12.3 Å². The molecule has 0 aliphatic rings. The second kappa shape index (κ2) is 6.17. The molecular formula is C15H19ClN2. The molecule has 1 aromatic carbocycles. The van der Waals surface area contributed by atoms with E-state index in [4.69, 9.17) is 11.6 Å². The van der Waals surface area contributed by atoms with E-state index >= 15 is 0 Å². The zero-order chi connectivity index (χ0) is 13.0. The SMILES string of the molecule is CC(C)N(CCCl)Cc1ccc2ncccc2c1. The van der Waals surface area contributed by atoms with E-state index in [-0.39, 0.29) is 0 Å². The van der Waals surface area contributed by atoms with Gasteiger partial charge in [-0.15, -0.1) is 11.6 Å². The quantitative estimate of drug-likeness (QED) is 0.764. The standard InChI is InChI=1S/C15H19ClN2/c1-12(2)18(9-7-16)11-13-5-6-15-14(10-13)4-3-8-17-15/h3-6,8,10,12H,7,9,11H2,1-2H3. The van der Waals surface area contributed by atoms with E-state index in [2.05, 4.69) is 48.0 Å². The van der Waals surface area contributed by atoms with Gasteiger partial charge in [-0.3, -0.25) is 9.88 Å².